The molecule has 2 N–H and O–H groups in total. The summed E-state index contributed by atoms with van der Waals surface area (Å²) in [6, 6.07) is 7.93. The van der Waals surface area contributed by atoms with Crippen molar-refractivity contribution in [3.8, 4) is 5.75 Å². The minimum atomic E-state index is -0.677. The smallest absolute Gasteiger partial charge is 0.175 e. The summed E-state index contributed by atoms with van der Waals surface area (Å²) in [7, 11) is 0. The van der Waals surface area contributed by atoms with Crippen LogP contribution in [-0.4, -0.2) is 28.0 Å². The number of hydrogen-bond donors (Lipinski definition) is 2. The quantitative estimate of drug-likeness (QED) is 0.825. The van der Waals surface area contributed by atoms with Crippen LogP contribution in [0.3, 0.4) is 0 Å². The number of ether oxygens (including phenoxy) is 1. The summed E-state index contributed by atoms with van der Waals surface area (Å²) >= 11 is 5.21. The topological polar surface area (TPSA) is 44.7 Å². The zero-order valence-electron chi connectivity index (χ0n) is 11.1. The molecule has 5 heteroatoms. The van der Waals surface area contributed by atoms with Crippen LogP contribution in [0.5, 0.6) is 5.75 Å². The second-order valence-electron chi connectivity index (χ2n) is 4.43. The van der Waals surface area contributed by atoms with Gasteiger partial charge in [0.2, 0.25) is 0 Å². The Morgan fingerprint density at radius 2 is 2.05 bits per heavy atom. The molecule has 4 nitrogen and oxygen atoms in total. The van der Waals surface area contributed by atoms with E-state index in [0.717, 1.165) is 16.9 Å². The summed E-state index contributed by atoms with van der Waals surface area (Å²) < 4.78 is 5.41. The third-order valence-electron chi connectivity index (χ3n) is 2.90. The molecule has 0 amide bonds. The maximum atomic E-state index is 9.62. The molecule has 1 atom stereocenters. The predicted octanol–water partition coefficient (Wildman–Crippen LogP) is 2.00. The molecule has 0 radical (unpaired) electrons. The summed E-state index contributed by atoms with van der Waals surface area (Å²) in [5, 5.41) is 13.0. The van der Waals surface area contributed by atoms with Gasteiger partial charge in [-0.3, -0.25) is 0 Å². The molecule has 0 aromatic heterocycles. The van der Waals surface area contributed by atoms with E-state index in [-0.39, 0.29) is 0 Å². The van der Waals surface area contributed by atoms with Gasteiger partial charge in [0.05, 0.1) is 6.61 Å². The van der Waals surface area contributed by atoms with E-state index in [0.29, 0.717) is 18.3 Å². The van der Waals surface area contributed by atoms with Crippen molar-refractivity contribution >= 4 is 17.3 Å². The van der Waals surface area contributed by atoms with Crippen LogP contribution in [0.15, 0.2) is 36.0 Å². The van der Waals surface area contributed by atoms with Crippen molar-refractivity contribution in [2.24, 2.45) is 0 Å². The van der Waals surface area contributed by atoms with Gasteiger partial charge in [0.15, 0.2) is 5.11 Å². The Morgan fingerprint density at radius 1 is 1.37 bits per heavy atom. The first-order chi connectivity index (χ1) is 9.10. The van der Waals surface area contributed by atoms with Crippen LogP contribution in [0.25, 0.3) is 0 Å². The van der Waals surface area contributed by atoms with Crippen LogP contribution in [0.2, 0.25) is 0 Å². The van der Waals surface area contributed by atoms with E-state index in [1.54, 1.807) is 0 Å². The van der Waals surface area contributed by atoms with Gasteiger partial charge in [-0.25, -0.2) is 0 Å². The van der Waals surface area contributed by atoms with Crippen molar-refractivity contribution < 1.29 is 9.84 Å². The number of aliphatic hydroxyl groups excluding tert-OH is 1. The molecular weight excluding hydrogens is 260 g/mol. The highest BCUT2D eigenvalue weighted by Gasteiger charge is 2.19. The number of rotatable bonds is 4. The van der Waals surface area contributed by atoms with Gasteiger partial charge in [-0.1, -0.05) is 12.1 Å². The van der Waals surface area contributed by atoms with Crippen LogP contribution < -0.4 is 10.1 Å². The fraction of sp³-hybridized carbons (Fsp3) is 0.357. The lowest BCUT2D eigenvalue weighted by Gasteiger charge is -2.30. The van der Waals surface area contributed by atoms with Crippen LogP contribution in [0.1, 0.15) is 19.4 Å². The number of hydrogen-bond acceptors (Lipinski definition) is 3. The zero-order chi connectivity index (χ0) is 13.8. The molecule has 19 heavy (non-hydrogen) atoms. The molecule has 0 fully saturated rings. The van der Waals surface area contributed by atoms with E-state index in [4.69, 9.17) is 17.0 Å². The molecule has 0 saturated heterocycles. The van der Waals surface area contributed by atoms with Gasteiger partial charge in [0, 0.05) is 12.7 Å². The maximum Gasteiger partial charge on any atom is 0.175 e. The largest absolute Gasteiger partial charge is 0.494 e. The number of nitrogens with one attached hydrogen (secondary N) is 1. The molecule has 1 heterocycles. The maximum absolute atomic E-state index is 9.62. The minimum absolute atomic E-state index is 0.534. The Morgan fingerprint density at radius 3 is 2.68 bits per heavy atom. The Labute approximate surface area is 118 Å². The van der Waals surface area contributed by atoms with Crippen molar-refractivity contribution in [1.82, 2.24) is 10.2 Å². The summed E-state index contributed by atoms with van der Waals surface area (Å²) in [5.41, 5.74) is 1.98. The SMILES string of the molecule is CCOc1ccc(CN2C=C(C)C(O)NC2=S)cc1. The average Bonchev–Trinajstić information content (AvgIpc) is 2.38. The summed E-state index contributed by atoms with van der Waals surface area (Å²) in [5.74, 6) is 0.868. The molecule has 102 valence electrons. The van der Waals surface area contributed by atoms with Gasteiger partial charge in [-0.2, -0.15) is 0 Å². The summed E-state index contributed by atoms with van der Waals surface area (Å²) in [4.78, 5) is 1.91. The predicted molar refractivity (Wildman–Crippen MR) is 78.7 cm³/mol. The van der Waals surface area contributed by atoms with Gasteiger partial charge in [0.1, 0.15) is 12.0 Å². The van der Waals surface area contributed by atoms with E-state index in [1.807, 2.05) is 49.2 Å². The first kappa shape index (κ1) is 13.8. The third kappa shape index (κ3) is 3.45. The van der Waals surface area contributed by atoms with Gasteiger partial charge in [0.25, 0.3) is 0 Å². The fourth-order valence-electron chi connectivity index (χ4n) is 1.86. The molecule has 1 unspecified atom stereocenters. The van der Waals surface area contributed by atoms with Crippen molar-refractivity contribution in [1.29, 1.82) is 0 Å². The summed E-state index contributed by atoms with van der Waals surface area (Å²) in [6.07, 6.45) is 1.20. The lowest BCUT2D eigenvalue weighted by molar-refractivity contribution is 0.183. The Balaban J connectivity index is 2.06. The lowest BCUT2D eigenvalue weighted by atomic mass is 10.2. The molecule has 2 rings (SSSR count). The van der Waals surface area contributed by atoms with Crippen LogP contribution in [0.4, 0.5) is 0 Å². The monoisotopic (exact) mass is 278 g/mol. The van der Waals surface area contributed by atoms with E-state index >= 15 is 0 Å². The fourth-order valence-corrected chi connectivity index (χ4v) is 2.09. The summed E-state index contributed by atoms with van der Waals surface area (Å²) in [6.45, 7) is 5.16. The Hall–Kier alpha value is -1.59. The van der Waals surface area contributed by atoms with Crippen LogP contribution in [0, 0.1) is 0 Å². The standard InChI is InChI=1S/C14H18N2O2S/c1-3-18-12-6-4-11(5-7-12)9-16-8-10(2)13(17)15-14(16)19/h4-8,13,17H,3,9H2,1-2H3,(H,15,19). The van der Waals surface area contributed by atoms with Gasteiger partial charge in [-0.05, 0) is 49.3 Å². The first-order valence-electron chi connectivity index (χ1n) is 6.25. The van der Waals surface area contributed by atoms with Gasteiger partial charge in [-0.15, -0.1) is 0 Å². The number of benzene rings is 1. The van der Waals surface area contributed by atoms with E-state index < -0.39 is 6.23 Å². The van der Waals surface area contributed by atoms with Crippen molar-refractivity contribution in [3.63, 3.8) is 0 Å². The highest BCUT2D eigenvalue weighted by molar-refractivity contribution is 7.80. The molecule has 1 aliphatic heterocycles. The average molecular weight is 278 g/mol. The second kappa shape index (κ2) is 6.04. The Bertz CT molecular complexity index is 485. The van der Waals surface area contributed by atoms with Crippen LogP contribution in [-0.2, 0) is 6.54 Å². The van der Waals surface area contributed by atoms with Crippen LogP contribution >= 0.6 is 12.2 Å². The molecule has 1 aromatic carbocycles. The highest BCUT2D eigenvalue weighted by atomic mass is 32.1. The Kier molecular flexibility index (Phi) is 4.39. The van der Waals surface area contributed by atoms with E-state index in [1.165, 1.54) is 0 Å². The number of aliphatic hydroxyl groups is 1. The lowest BCUT2D eigenvalue weighted by Crippen LogP contribution is -2.46. The van der Waals surface area contributed by atoms with Crippen molar-refractivity contribution in [2.45, 2.75) is 26.6 Å². The van der Waals surface area contributed by atoms with E-state index in [9.17, 15) is 5.11 Å². The van der Waals surface area contributed by atoms with Crippen molar-refractivity contribution in [2.75, 3.05) is 6.61 Å². The minimum Gasteiger partial charge on any atom is -0.494 e. The second-order valence-corrected chi connectivity index (χ2v) is 4.82. The molecule has 1 aromatic rings. The number of nitrogens with zero attached hydrogens (tertiary/aromatic N) is 1. The molecule has 1 aliphatic rings. The third-order valence-corrected chi connectivity index (χ3v) is 3.25. The highest BCUT2D eigenvalue weighted by Crippen LogP contribution is 2.16. The molecular formula is C14H18N2O2S. The molecule has 0 aliphatic carbocycles. The normalized spacial score (nSPS) is 18.9. The molecule has 0 saturated carbocycles. The number of thiocarbonyl (C=S) groups is 1. The van der Waals surface area contributed by atoms with E-state index in [2.05, 4.69) is 5.32 Å². The zero-order valence-corrected chi connectivity index (χ0v) is 11.9. The van der Waals surface area contributed by atoms with Gasteiger partial charge < -0.3 is 20.1 Å². The van der Waals surface area contributed by atoms with Gasteiger partial charge >= 0.3 is 0 Å². The van der Waals surface area contributed by atoms with Crippen molar-refractivity contribution in [3.05, 3.63) is 41.6 Å². The molecule has 0 spiro atoms. The first-order valence-corrected chi connectivity index (χ1v) is 6.66. The molecule has 0 bridgehead atoms.